The Kier molecular flexibility index (Phi) is 5.02. The Bertz CT molecular complexity index is 503. The van der Waals surface area contributed by atoms with E-state index >= 15 is 0 Å². The zero-order chi connectivity index (χ0) is 14.6. The first kappa shape index (κ1) is 15.6. The summed E-state index contributed by atoms with van der Waals surface area (Å²) in [4.78, 5) is 2.38. The third-order valence-electron chi connectivity index (χ3n) is 2.33. The molecule has 0 fully saturated rings. The fourth-order valence-electron chi connectivity index (χ4n) is 1.39. The smallest absolute Gasteiger partial charge is 0.390 e. The predicted octanol–water partition coefficient (Wildman–Crippen LogP) is 3.06. The van der Waals surface area contributed by atoms with Crippen LogP contribution in [0.15, 0.2) is 23.3 Å². The number of alkyl halides is 3. The van der Waals surface area contributed by atoms with Crippen LogP contribution < -0.4 is 0 Å². The molecule has 1 aromatic carbocycles. The molecule has 2 atom stereocenters. The summed E-state index contributed by atoms with van der Waals surface area (Å²) in [7, 11) is 0. The second-order valence-electron chi connectivity index (χ2n) is 3.66. The maximum atomic E-state index is 12.6. The van der Waals surface area contributed by atoms with Crippen LogP contribution in [0.2, 0.25) is 5.02 Å². The highest BCUT2D eigenvalue weighted by atomic mass is 35.5. The van der Waals surface area contributed by atoms with E-state index in [-0.39, 0.29) is 5.56 Å². The molecule has 5 nitrogen and oxygen atoms in total. The maximum Gasteiger partial charge on any atom is 0.417 e. The highest BCUT2D eigenvalue weighted by Gasteiger charge is 2.34. The highest BCUT2D eigenvalue weighted by Crippen LogP contribution is 2.36. The molecule has 0 heterocycles. The lowest BCUT2D eigenvalue weighted by Crippen LogP contribution is -2.21. The number of azide groups is 1. The van der Waals surface area contributed by atoms with Gasteiger partial charge < -0.3 is 10.2 Å². The molecule has 19 heavy (non-hydrogen) atoms. The van der Waals surface area contributed by atoms with Crippen molar-refractivity contribution < 1.29 is 23.4 Å². The van der Waals surface area contributed by atoms with Gasteiger partial charge in [-0.2, -0.15) is 13.2 Å². The van der Waals surface area contributed by atoms with Gasteiger partial charge in [0.1, 0.15) is 6.10 Å². The quantitative estimate of drug-likeness (QED) is 0.508. The van der Waals surface area contributed by atoms with Gasteiger partial charge in [0, 0.05) is 4.91 Å². The lowest BCUT2D eigenvalue weighted by molar-refractivity contribution is -0.137. The van der Waals surface area contributed by atoms with E-state index in [9.17, 15) is 23.4 Å². The van der Waals surface area contributed by atoms with Gasteiger partial charge in [-0.15, -0.1) is 0 Å². The number of benzene rings is 1. The first-order chi connectivity index (χ1) is 8.77. The zero-order valence-corrected chi connectivity index (χ0v) is 10.1. The van der Waals surface area contributed by atoms with Crippen molar-refractivity contribution in [3.63, 3.8) is 0 Å². The maximum absolute atomic E-state index is 12.6. The molecule has 0 spiro atoms. The molecule has 104 valence electrons. The molecule has 2 N–H and O–H groups in total. The van der Waals surface area contributed by atoms with E-state index in [4.69, 9.17) is 17.1 Å². The molecule has 0 radical (unpaired) electrons. The summed E-state index contributed by atoms with van der Waals surface area (Å²) in [5, 5.41) is 21.6. The minimum absolute atomic E-state index is 0.169. The fraction of sp³-hybridized carbons (Fsp3) is 0.400. The van der Waals surface area contributed by atoms with Gasteiger partial charge in [-0.3, -0.25) is 0 Å². The first-order valence-electron chi connectivity index (χ1n) is 5.01. The van der Waals surface area contributed by atoms with E-state index in [0.717, 1.165) is 12.1 Å². The molecule has 1 rings (SSSR count). The van der Waals surface area contributed by atoms with Crippen LogP contribution in [0, 0.1) is 0 Å². The molecule has 0 aliphatic rings. The SMILES string of the molecule is [N-]=[N+]=NCC(O)C(O)c1ccc(Cl)c(C(F)(F)F)c1. The summed E-state index contributed by atoms with van der Waals surface area (Å²) in [5.74, 6) is 0. The molecule has 0 aromatic heterocycles. The summed E-state index contributed by atoms with van der Waals surface area (Å²) in [6, 6.07) is 2.77. The number of hydrogen-bond donors (Lipinski definition) is 2. The Labute approximate surface area is 110 Å². The van der Waals surface area contributed by atoms with Crippen LogP contribution in [-0.2, 0) is 6.18 Å². The van der Waals surface area contributed by atoms with Crippen molar-refractivity contribution in [1.29, 1.82) is 0 Å². The first-order valence-corrected chi connectivity index (χ1v) is 5.38. The molecule has 0 saturated carbocycles. The molecule has 9 heteroatoms. The van der Waals surface area contributed by atoms with E-state index in [2.05, 4.69) is 10.0 Å². The third-order valence-corrected chi connectivity index (χ3v) is 2.66. The van der Waals surface area contributed by atoms with Crippen LogP contribution in [0.1, 0.15) is 17.2 Å². The molecule has 0 aliphatic carbocycles. The van der Waals surface area contributed by atoms with Gasteiger partial charge in [-0.1, -0.05) is 22.8 Å². The molecule has 1 aromatic rings. The van der Waals surface area contributed by atoms with Crippen molar-refractivity contribution in [3.8, 4) is 0 Å². The Morgan fingerprint density at radius 2 is 2.00 bits per heavy atom. The van der Waals surface area contributed by atoms with Crippen LogP contribution in [0.5, 0.6) is 0 Å². The van der Waals surface area contributed by atoms with E-state index in [1.807, 2.05) is 0 Å². The van der Waals surface area contributed by atoms with Crippen LogP contribution in [0.4, 0.5) is 13.2 Å². The Morgan fingerprint density at radius 3 is 2.53 bits per heavy atom. The van der Waals surface area contributed by atoms with E-state index < -0.39 is 35.5 Å². The largest absolute Gasteiger partial charge is 0.417 e. The second kappa shape index (κ2) is 6.12. The van der Waals surface area contributed by atoms with Gasteiger partial charge in [0.25, 0.3) is 0 Å². The Hall–Kier alpha value is -1.47. The predicted molar refractivity (Wildman–Crippen MR) is 61.4 cm³/mol. The standard InChI is InChI=1S/C10H9ClF3N3O2/c11-7-2-1-5(3-6(7)10(12,13)14)9(19)8(18)4-16-17-15/h1-3,8-9,18-19H,4H2. The van der Waals surface area contributed by atoms with Crippen LogP contribution in [-0.4, -0.2) is 22.9 Å². The number of aliphatic hydroxyl groups is 2. The summed E-state index contributed by atoms with van der Waals surface area (Å²) in [5.41, 5.74) is 6.78. The van der Waals surface area contributed by atoms with E-state index in [1.54, 1.807) is 0 Å². The topological polar surface area (TPSA) is 89.2 Å². The molecule has 0 saturated heterocycles. The Morgan fingerprint density at radius 1 is 1.37 bits per heavy atom. The summed E-state index contributed by atoms with van der Waals surface area (Å²) < 4.78 is 37.8. The summed E-state index contributed by atoms with van der Waals surface area (Å²) >= 11 is 5.42. The van der Waals surface area contributed by atoms with Crippen molar-refractivity contribution in [1.82, 2.24) is 0 Å². The normalized spacial score (nSPS) is 14.6. The number of hydrogen-bond acceptors (Lipinski definition) is 3. The lowest BCUT2D eigenvalue weighted by atomic mass is 10.0. The number of rotatable bonds is 4. The molecular weight excluding hydrogens is 287 g/mol. The average molecular weight is 296 g/mol. The van der Waals surface area contributed by atoms with Gasteiger partial charge in [0.05, 0.1) is 23.2 Å². The van der Waals surface area contributed by atoms with Crippen LogP contribution in [0.25, 0.3) is 10.4 Å². The van der Waals surface area contributed by atoms with Gasteiger partial charge in [0.15, 0.2) is 0 Å². The average Bonchev–Trinajstić information content (AvgIpc) is 2.34. The zero-order valence-electron chi connectivity index (χ0n) is 9.34. The van der Waals surface area contributed by atoms with Crippen LogP contribution in [0.3, 0.4) is 0 Å². The fourth-order valence-corrected chi connectivity index (χ4v) is 1.61. The van der Waals surface area contributed by atoms with Crippen LogP contribution >= 0.6 is 11.6 Å². The van der Waals surface area contributed by atoms with E-state index in [0.29, 0.717) is 6.07 Å². The monoisotopic (exact) mass is 295 g/mol. The molecule has 0 amide bonds. The Balaban J connectivity index is 3.05. The minimum Gasteiger partial charge on any atom is -0.390 e. The highest BCUT2D eigenvalue weighted by molar-refractivity contribution is 6.31. The molecule has 2 unspecified atom stereocenters. The molecule has 0 bridgehead atoms. The lowest BCUT2D eigenvalue weighted by Gasteiger charge is -2.18. The number of nitrogens with zero attached hydrogens (tertiary/aromatic N) is 3. The van der Waals surface area contributed by atoms with Crippen molar-refractivity contribution in [2.24, 2.45) is 5.11 Å². The third kappa shape index (κ3) is 4.00. The summed E-state index contributed by atoms with van der Waals surface area (Å²) in [6.07, 6.45) is -7.77. The summed E-state index contributed by atoms with van der Waals surface area (Å²) in [6.45, 7) is -0.457. The number of halogens is 4. The van der Waals surface area contributed by atoms with Crippen molar-refractivity contribution in [2.75, 3.05) is 6.54 Å². The second-order valence-corrected chi connectivity index (χ2v) is 4.07. The van der Waals surface area contributed by atoms with Gasteiger partial charge in [-0.05, 0) is 23.2 Å². The minimum atomic E-state index is -4.66. The van der Waals surface area contributed by atoms with Gasteiger partial charge >= 0.3 is 6.18 Å². The van der Waals surface area contributed by atoms with Crippen molar-refractivity contribution in [2.45, 2.75) is 18.4 Å². The molecular formula is C10H9ClF3N3O2. The molecule has 0 aliphatic heterocycles. The van der Waals surface area contributed by atoms with Gasteiger partial charge in [-0.25, -0.2) is 0 Å². The van der Waals surface area contributed by atoms with Crippen molar-refractivity contribution >= 4 is 11.6 Å². The van der Waals surface area contributed by atoms with E-state index in [1.165, 1.54) is 0 Å². The number of aliphatic hydroxyl groups excluding tert-OH is 2. The van der Waals surface area contributed by atoms with Crippen molar-refractivity contribution in [3.05, 3.63) is 44.8 Å². The van der Waals surface area contributed by atoms with Gasteiger partial charge in [0.2, 0.25) is 0 Å².